The highest BCUT2D eigenvalue weighted by Crippen LogP contribution is 2.35. The van der Waals surface area contributed by atoms with Crippen molar-refractivity contribution >= 4 is 16.9 Å². The molecule has 0 bridgehead atoms. The fourth-order valence-electron chi connectivity index (χ4n) is 4.43. The van der Waals surface area contributed by atoms with Gasteiger partial charge in [0.2, 0.25) is 0 Å². The highest BCUT2D eigenvalue weighted by Gasteiger charge is 2.41. The molecular formula is C27H29F3N6O3. The van der Waals surface area contributed by atoms with Crippen molar-refractivity contribution in [3.05, 3.63) is 60.2 Å². The van der Waals surface area contributed by atoms with E-state index < -0.39 is 29.6 Å². The van der Waals surface area contributed by atoms with Gasteiger partial charge >= 0.3 is 0 Å². The molecule has 0 unspecified atom stereocenters. The van der Waals surface area contributed by atoms with Crippen LogP contribution in [-0.4, -0.2) is 59.7 Å². The largest absolute Gasteiger partial charge is 0.487 e. The van der Waals surface area contributed by atoms with Crippen LogP contribution in [0, 0.1) is 11.6 Å². The average molecular weight is 543 g/mol. The second-order valence-electron chi connectivity index (χ2n) is 10.4. The van der Waals surface area contributed by atoms with E-state index in [1.165, 1.54) is 45.4 Å². The predicted octanol–water partition coefficient (Wildman–Crippen LogP) is 4.12. The van der Waals surface area contributed by atoms with Crippen LogP contribution in [0.3, 0.4) is 0 Å². The van der Waals surface area contributed by atoms with E-state index in [0.717, 1.165) is 16.8 Å². The number of piperidine rings is 1. The van der Waals surface area contributed by atoms with Gasteiger partial charge in [-0.25, -0.2) is 27.8 Å². The molecule has 0 spiro atoms. The molecule has 4 aromatic rings. The molecule has 2 N–H and O–H groups in total. The zero-order valence-corrected chi connectivity index (χ0v) is 21.8. The summed E-state index contributed by atoms with van der Waals surface area (Å²) in [6.07, 6.45) is 5.30. The maximum atomic E-state index is 14.1. The molecule has 0 aliphatic carbocycles. The Hall–Kier alpha value is -3.77. The van der Waals surface area contributed by atoms with Crippen molar-refractivity contribution in [2.24, 2.45) is 0 Å². The van der Waals surface area contributed by atoms with Crippen LogP contribution < -0.4 is 9.64 Å². The number of fused-ring (bicyclic) bond motifs is 1. The first-order chi connectivity index (χ1) is 18.5. The third-order valence-electron chi connectivity index (χ3n) is 7.18. The van der Waals surface area contributed by atoms with Gasteiger partial charge in [-0.1, -0.05) is 0 Å². The van der Waals surface area contributed by atoms with Crippen molar-refractivity contribution in [1.29, 1.82) is 0 Å². The number of anilines is 1. The number of halogens is 3. The Bertz CT molecular complexity index is 1500. The predicted molar refractivity (Wildman–Crippen MR) is 138 cm³/mol. The molecule has 4 heterocycles. The summed E-state index contributed by atoms with van der Waals surface area (Å²) in [4.78, 5) is 15.9. The topological polar surface area (TPSA) is 109 Å². The fourth-order valence-corrected chi connectivity index (χ4v) is 4.43. The van der Waals surface area contributed by atoms with Crippen molar-refractivity contribution in [1.82, 2.24) is 24.7 Å². The zero-order valence-electron chi connectivity index (χ0n) is 21.8. The van der Waals surface area contributed by atoms with Gasteiger partial charge in [-0.2, -0.15) is 5.10 Å². The number of rotatable bonds is 7. The van der Waals surface area contributed by atoms with Crippen LogP contribution in [0.1, 0.15) is 39.3 Å². The molecule has 0 radical (unpaired) electrons. The normalized spacial score (nSPS) is 16.5. The number of hydrogen-bond acceptors (Lipinski definition) is 8. The quantitative estimate of drug-likeness (QED) is 0.359. The van der Waals surface area contributed by atoms with Crippen LogP contribution in [0.2, 0.25) is 0 Å². The lowest BCUT2D eigenvalue weighted by atomic mass is 9.84. The number of ether oxygens (including phenoxy) is 1. The first-order valence-electron chi connectivity index (χ1n) is 12.5. The maximum Gasteiger partial charge on any atom is 0.181 e. The van der Waals surface area contributed by atoms with Gasteiger partial charge in [-0.3, -0.25) is 4.98 Å². The Kier molecular flexibility index (Phi) is 6.93. The minimum absolute atomic E-state index is 0.00133. The molecule has 12 heteroatoms. The van der Waals surface area contributed by atoms with E-state index >= 15 is 0 Å². The molecule has 0 amide bonds. The molecule has 1 saturated heterocycles. The molecule has 3 aromatic heterocycles. The molecule has 206 valence electrons. The van der Waals surface area contributed by atoms with Crippen molar-refractivity contribution in [2.75, 3.05) is 18.0 Å². The number of nitrogens with zero attached hydrogens (tertiary/aromatic N) is 6. The van der Waals surface area contributed by atoms with Crippen molar-refractivity contribution < 1.29 is 28.1 Å². The molecule has 1 aliphatic rings. The molecular weight excluding hydrogens is 513 g/mol. The first-order valence-corrected chi connectivity index (χ1v) is 12.5. The van der Waals surface area contributed by atoms with Gasteiger partial charge in [0.05, 0.1) is 29.2 Å². The molecule has 39 heavy (non-hydrogen) atoms. The fraction of sp³-hybridized carbons (Fsp3) is 0.407. The van der Waals surface area contributed by atoms with Gasteiger partial charge in [0.1, 0.15) is 28.7 Å². The maximum absolute atomic E-state index is 14.1. The highest BCUT2D eigenvalue weighted by atomic mass is 19.1. The Morgan fingerprint density at radius 3 is 2.41 bits per heavy atom. The van der Waals surface area contributed by atoms with E-state index in [2.05, 4.69) is 10.1 Å². The van der Waals surface area contributed by atoms with Gasteiger partial charge in [-0.15, -0.1) is 0 Å². The summed E-state index contributed by atoms with van der Waals surface area (Å²) in [5.74, 6) is -0.905. The smallest absolute Gasteiger partial charge is 0.181 e. The standard InChI is InChI=1S/C27H29F3N6O3/c1-26(2,37)27(3,38)23-11-20-21(13-31-23)33-24(16-12-32-36(14-16)15-28)25(34-20)35-8-6-18(7-9-35)39-22-5-4-17(29)10-19(22)30/h4-5,10-14,18,37-38H,6-9,15H2,1-3H3/t27-/m1/s1. The van der Waals surface area contributed by atoms with Gasteiger partial charge in [-0.05, 0) is 39.0 Å². The number of aliphatic hydroxyl groups is 2. The van der Waals surface area contributed by atoms with E-state index in [4.69, 9.17) is 14.7 Å². The van der Waals surface area contributed by atoms with Crippen molar-refractivity contribution in [3.8, 4) is 17.0 Å². The lowest BCUT2D eigenvalue weighted by Crippen LogP contribution is -2.45. The number of pyridine rings is 1. The highest BCUT2D eigenvalue weighted by molar-refractivity contribution is 5.83. The van der Waals surface area contributed by atoms with Crippen LogP contribution in [0.4, 0.5) is 19.0 Å². The monoisotopic (exact) mass is 542 g/mol. The van der Waals surface area contributed by atoms with E-state index in [0.29, 0.717) is 54.0 Å². The van der Waals surface area contributed by atoms with Crippen LogP contribution in [-0.2, 0) is 12.4 Å². The summed E-state index contributed by atoms with van der Waals surface area (Å²) in [5.41, 5.74) is -0.957. The Labute approximate surface area is 222 Å². The van der Waals surface area contributed by atoms with Gasteiger partial charge in [0.15, 0.2) is 24.2 Å². The van der Waals surface area contributed by atoms with Crippen LogP contribution in [0.15, 0.2) is 42.9 Å². The lowest BCUT2D eigenvalue weighted by Gasteiger charge is -2.35. The zero-order chi connectivity index (χ0) is 27.9. The minimum Gasteiger partial charge on any atom is -0.487 e. The number of aromatic nitrogens is 5. The first kappa shape index (κ1) is 26.8. The number of alkyl halides is 1. The molecule has 1 aliphatic heterocycles. The summed E-state index contributed by atoms with van der Waals surface area (Å²) in [5, 5.41) is 25.5. The van der Waals surface area contributed by atoms with E-state index in [9.17, 15) is 23.4 Å². The number of hydrogen-bond donors (Lipinski definition) is 2. The molecule has 1 atom stereocenters. The third kappa shape index (κ3) is 5.26. The van der Waals surface area contributed by atoms with E-state index in [1.54, 1.807) is 6.07 Å². The summed E-state index contributed by atoms with van der Waals surface area (Å²) in [6, 6.07) is 4.81. The molecule has 1 fully saturated rings. The Morgan fingerprint density at radius 1 is 1.03 bits per heavy atom. The second-order valence-corrected chi connectivity index (χ2v) is 10.4. The summed E-state index contributed by atoms with van der Waals surface area (Å²) < 4.78 is 47.5. The lowest BCUT2D eigenvalue weighted by molar-refractivity contribution is -0.127. The number of benzene rings is 1. The van der Waals surface area contributed by atoms with Crippen LogP contribution in [0.25, 0.3) is 22.3 Å². The van der Waals surface area contributed by atoms with Crippen molar-refractivity contribution in [2.45, 2.75) is 57.7 Å². The Balaban J connectivity index is 1.48. The van der Waals surface area contributed by atoms with Gasteiger partial charge in [0, 0.05) is 43.8 Å². The SMILES string of the molecule is CC(C)(O)[C@](C)(O)c1cc2nc(N3CCC(Oc4ccc(F)cc4F)CC3)c(-c3cnn(CF)c3)nc2cn1. The average Bonchev–Trinajstić information content (AvgIpc) is 3.38. The van der Waals surface area contributed by atoms with Crippen LogP contribution >= 0.6 is 0 Å². The molecule has 9 nitrogen and oxygen atoms in total. The second kappa shape index (κ2) is 10.1. The minimum atomic E-state index is -1.66. The van der Waals surface area contributed by atoms with Crippen molar-refractivity contribution in [3.63, 3.8) is 0 Å². The summed E-state index contributed by atoms with van der Waals surface area (Å²) in [6.45, 7) is 4.66. The van der Waals surface area contributed by atoms with Crippen LogP contribution in [0.5, 0.6) is 5.75 Å². The van der Waals surface area contributed by atoms with E-state index in [-0.39, 0.29) is 17.5 Å². The molecule has 1 aromatic carbocycles. The molecule has 0 saturated carbocycles. The van der Waals surface area contributed by atoms with Gasteiger partial charge in [0.25, 0.3) is 0 Å². The van der Waals surface area contributed by atoms with E-state index in [1.807, 2.05) is 4.90 Å². The summed E-state index contributed by atoms with van der Waals surface area (Å²) >= 11 is 0. The summed E-state index contributed by atoms with van der Waals surface area (Å²) in [7, 11) is 0. The van der Waals surface area contributed by atoms with Gasteiger partial charge < -0.3 is 19.8 Å². The Morgan fingerprint density at radius 2 is 1.77 bits per heavy atom. The third-order valence-corrected chi connectivity index (χ3v) is 7.18. The molecule has 5 rings (SSSR count).